The molecule has 0 unspecified atom stereocenters. The minimum Gasteiger partial charge on any atom is -0.411 e. The number of pyridine rings is 1. The molecular formula is C14H8Cl3F3N2O. The average Bonchev–Trinajstić information content (AvgIpc) is 2.48. The van der Waals surface area contributed by atoms with Crippen LogP contribution in [-0.4, -0.2) is 15.9 Å². The minimum absolute atomic E-state index is 0.0779. The number of hydrogen-bond donors (Lipinski definition) is 1. The van der Waals surface area contributed by atoms with Gasteiger partial charge in [0.25, 0.3) is 0 Å². The molecule has 3 nitrogen and oxygen atoms in total. The molecule has 0 radical (unpaired) electrons. The second kappa shape index (κ2) is 6.95. The van der Waals surface area contributed by atoms with Crippen LogP contribution in [0.15, 0.2) is 35.6 Å². The molecule has 0 saturated carbocycles. The van der Waals surface area contributed by atoms with Crippen LogP contribution in [0.4, 0.5) is 13.2 Å². The van der Waals surface area contributed by atoms with E-state index in [1.165, 1.54) is 12.1 Å². The molecule has 0 spiro atoms. The number of nitrogens with zero attached hydrogens (tertiary/aromatic N) is 2. The maximum absolute atomic E-state index is 12.6. The van der Waals surface area contributed by atoms with E-state index in [2.05, 4.69) is 10.1 Å². The first-order valence-electron chi connectivity index (χ1n) is 6.10. The number of hydrogen-bond acceptors (Lipinski definition) is 3. The van der Waals surface area contributed by atoms with Crippen LogP contribution in [0.3, 0.4) is 0 Å². The van der Waals surface area contributed by atoms with Gasteiger partial charge in [0.2, 0.25) is 0 Å². The fourth-order valence-corrected chi connectivity index (χ4v) is 2.31. The van der Waals surface area contributed by atoms with Crippen molar-refractivity contribution < 1.29 is 18.4 Å². The van der Waals surface area contributed by atoms with E-state index in [1.807, 2.05) is 0 Å². The summed E-state index contributed by atoms with van der Waals surface area (Å²) >= 11 is 17.5. The molecule has 0 aliphatic carbocycles. The van der Waals surface area contributed by atoms with Crippen molar-refractivity contribution in [2.75, 3.05) is 0 Å². The summed E-state index contributed by atoms with van der Waals surface area (Å²) in [4.78, 5) is 3.69. The average molecular weight is 384 g/mol. The van der Waals surface area contributed by atoms with Crippen LogP contribution in [0.25, 0.3) is 0 Å². The maximum Gasteiger partial charge on any atom is 0.417 e. The van der Waals surface area contributed by atoms with E-state index in [0.29, 0.717) is 16.8 Å². The third kappa shape index (κ3) is 4.28. The number of benzene rings is 1. The molecule has 0 fully saturated rings. The lowest BCUT2D eigenvalue weighted by Crippen LogP contribution is -2.10. The van der Waals surface area contributed by atoms with Gasteiger partial charge in [0.1, 0.15) is 0 Å². The number of aromatic nitrogens is 1. The van der Waals surface area contributed by atoms with E-state index >= 15 is 0 Å². The summed E-state index contributed by atoms with van der Waals surface area (Å²) in [5.74, 6) is 0. The smallest absolute Gasteiger partial charge is 0.411 e. The number of rotatable bonds is 3. The lowest BCUT2D eigenvalue weighted by molar-refractivity contribution is -0.137. The van der Waals surface area contributed by atoms with Gasteiger partial charge in [0.05, 0.1) is 32.0 Å². The summed E-state index contributed by atoms with van der Waals surface area (Å²) in [6.45, 7) is 0. The van der Waals surface area contributed by atoms with Crippen molar-refractivity contribution in [3.05, 3.63) is 62.4 Å². The highest BCUT2D eigenvalue weighted by molar-refractivity contribution is 6.42. The lowest BCUT2D eigenvalue weighted by atomic mass is 10.0. The van der Waals surface area contributed by atoms with E-state index < -0.39 is 11.7 Å². The van der Waals surface area contributed by atoms with E-state index in [1.54, 1.807) is 6.07 Å². The van der Waals surface area contributed by atoms with Crippen molar-refractivity contribution in [2.45, 2.75) is 12.6 Å². The monoisotopic (exact) mass is 382 g/mol. The number of oxime groups is 1. The zero-order valence-corrected chi connectivity index (χ0v) is 13.5. The van der Waals surface area contributed by atoms with Crippen LogP contribution >= 0.6 is 34.8 Å². The Morgan fingerprint density at radius 2 is 1.78 bits per heavy atom. The fraction of sp³-hybridized carbons (Fsp3) is 0.143. The first-order valence-corrected chi connectivity index (χ1v) is 7.23. The molecule has 0 bridgehead atoms. The summed E-state index contributed by atoms with van der Waals surface area (Å²) in [7, 11) is 0. The van der Waals surface area contributed by atoms with Gasteiger partial charge in [-0.15, -0.1) is 0 Å². The molecule has 9 heteroatoms. The molecule has 122 valence electrons. The molecule has 23 heavy (non-hydrogen) atoms. The largest absolute Gasteiger partial charge is 0.417 e. The molecule has 1 aromatic carbocycles. The van der Waals surface area contributed by atoms with Gasteiger partial charge < -0.3 is 5.21 Å². The third-order valence-electron chi connectivity index (χ3n) is 2.95. The van der Waals surface area contributed by atoms with Gasteiger partial charge in [-0.2, -0.15) is 13.2 Å². The van der Waals surface area contributed by atoms with Gasteiger partial charge in [-0.1, -0.05) is 46.0 Å². The summed E-state index contributed by atoms with van der Waals surface area (Å²) in [5, 5.41) is 12.7. The zero-order valence-electron chi connectivity index (χ0n) is 11.2. The van der Waals surface area contributed by atoms with E-state index in [0.717, 1.165) is 6.07 Å². The molecular weight excluding hydrogens is 376 g/mol. The first-order chi connectivity index (χ1) is 10.7. The Morgan fingerprint density at radius 1 is 1.09 bits per heavy atom. The molecule has 1 aromatic heterocycles. The molecule has 0 saturated heterocycles. The SMILES string of the molecule is O/N=C(/Cc1ncc(C(F)(F)F)cc1Cl)c1ccc(Cl)c(Cl)c1. The number of alkyl halides is 3. The Hall–Kier alpha value is -1.50. The third-order valence-corrected chi connectivity index (χ3v) is 4.02. The lowest BCUT2D eigenvalue weighted by Gasteiger charge is -2.10. The van der Waals surface area contributed by atoms with Gasteiger partial charge in [-0.25, -0.2) is 0 Å². The Bertz CT molecular complexity index is 763. The summed E-state index contributed by atoms with van der Waals surface area (Å²) < 4.78 is 37.8. The molecule has 0 amide bonds. The Balaban J connectivity index is 2.31. The molecule has 1 N–H and O–H groups in total. The van der Waals surface area contributed by atoms with E-state index in [-0.39, 0.29) is 27.9 Å². The van der Waals surface area contributed by atoms with Crippen molar-refractivity contribution >= 4 is 40.5 Å². The second-order valence-corrected chi connectivity index (χ2v) is 5.72. The highest BCUT2D eigenvalue weighted by atomic mass is 35.5. The Kier molecular flexibility index (Phi) is 5.39. The summed E-state index contributed by atoms with van der Waals surface area (Å²) in [5.41, 5.74) is -0.237. The maximum atomic E-state index is 12.6. The van der Waals surface area contributed by atoms with E-state index in [9.17, 15) is 13.2 Å². The summed E-state index contributed by atoms with van der Waals surface area (Å²) in [6.07, 6.45) is -3.94. The predicted molar refractivity (Wildman–Crippen MR) is 82.7 cm³/mol. The minimum atomic E-state index is -4.53. The second-order valence-electron chi connectivity index (χ2n) is 4.50. The van der Waals surface area contributed by atoms with E-state index in [4.69, 9.17) is 40.0 Å². The van der Waals surface area contributed by atoms with Crippen LogP contribution in [0.5, 0.6) is 0 Å². The zero-order chi connectivity index (χ0) is 17.2. The van der Waals surface area contributed by atoms with Gasteiger partial charge in [-0.05, 0) is 18.2 Å². The highest BCUT2D eigenvalue weighted by Crippen LogP contribution is 2.31. The Labute approximate surface area is 144 Å². The van der Waals surface area contributed by atoms with Crippen LogP contribution in [0.1, 0.15) is 16.8 Å². The predicted octanol–water partition coefficient (Wildman–Crippen LogP) is 5.48. The summed E-state index contributed by atoms with van der Waals surface area (Å²) in [6, 6.07) is 5.30. The molecule has 2 rings (SSSR count). The standard InChI is InChI=1S/C14H8Cl3F3N2O/c15-9-2-1-7(3-10(9)16)12(22-23)5-13-11(17)4-8(6-21-13)14(18,19)20/h1-4,6,23H,5H2/b22-12-. The molecule has 2 aromatic rings. The van der Waals surface area contributed by atoms with Crippen LogP contribution in [-0.2, 0) is 12.6 Å². The topological polar surface area (TPSA) is 45.5 Å². The van der Waals surface area contributed by atoms with Crippen molar-refractivity contribution in [1.29, 1.82) is 0 Å². The van der Waals surface area contributed by atoms with Gasteiger partial charge in [0, 0.05) is 18.2 Å². The first kappa shape index (κ1) is 17.8. The quantitative estimate of drug-likeness (QED) is 0.433. The van der Waals surface area contributed by atoms with Crippen LogP contribution < -0.4 is 0 Å². The fourth-order valence-electron chi connectivity index (χ4n) is 1.78. The van der Waals surface area contributed by atoms with Crippen molar-refractivity contribution in [2.24, 2.45) is 5.16 Å². The molecule has 0 aliphatic heterocycles. The highest BCUT2D eigenvalue weighted by Gasteiger charge is 2.31. The number of halogens is 6. The van der Waals surface area contributed by atoms with Crippen molar-refractivity contribution in [3.8, 4) is 0 Å². The van der Waals surface area contributed by atoms with Gasteiger partial charge in [-0.3, -0.25) is 4.98 Å². The van der Waals surface area contributed by atoms with Crippen molar-refractivity contribution in [3.63, 3.8) is 0 Å². The van der Waals surface area contributed by atoms with Crippen LogP contribution in [0.2, 0.25) is 15.1 Å². The molecule has 1 heterocycles. The normalized spacial score (nSPS) is 12.5. The van der Waals surface area contributed by atoms with Crippen LogP contribution in [0, 0.1) is 0 Å². The van der Waals surface area contributed by atoms with Gasteiger partial charge >= 0.3 is 6.18 Å². The van der Waals surface area contributed by atoms with Gasteiger partial charge in [0.15, 0.2) is 0 Å². The molecule has 0 aliphatic rings. The van der Waals surface area contributed by atoms with Crippen molar-refractivity contribution in [1.82, 2.24) is 4.98 Å². The Morgan fingerprint density at radius 3 is 2.30 bits per heavy atom. The molecule has 0 atom stereocenters.